The summed E-state index contributed by atoms with van der Waals surface area (Å²) in [6.45, 7) is 1.89. The van der Waals surface area contributed by atoms with Crippen LogP contribution < -0.4 is 5.43 Å². The fourth-order valence-electron chi connectivity index (χ4n) is 2.64. The molecule has 0 aliphatic heterocycles. The Balaban J connectivity index is 1.74. The molecule has 1 N–H and O–H groups in total. The normalized spacial score (nSPS) is 11.3. The standard InChI is InChI=1S/C20H15BrN4O/c1-13-7-9-16(26-13)12-22-25-20-23-18-10-8-15(21)11-17(18)19(24-20)14-5-3-2-4-6-14/h2-12H,1H3,(H,23,24,25)/b22-12-. The predicted octanol–water partition coefficient (Wildman–Crippen LogP) is 5.41. The van der Waals surface area contributed by atoms with Crippen LogP contribution in [-0.4, -0.2) is 16.2 Å². The van der Waals surface area contributed by atoms with E-state index in [4.69, 9.17) is 4.42 Å². The first-order valence-electron chi connectivity index (χ1n) is 8.07. The van der Waals surface area contributed by atoms with Gasteiger partial charge in [0.15, 0.2) is 0 Å². The minimum Gasteiger partial charge on any atom is -0.460 e. The molecule has 0 bridgehead atoms. The van der Waals surface area contributed by atoms with Gasteiger partial charge in [0.1, 0.15) is 11.5 Å². The maximum absolute atomic E-state index is 5.46. The summed E-state index contributed by atoms with van der Waals surface area (Å²) in [5.74, 6) is 1.94. The van der Waals surface area contributed by atoms with Crippen LogP contribution in [0, 0.1) is 6.92 Å². The summed E-state index contributed by atoms with van der Waals surface area (Å²) in [5, 5.41) is 5.16. The molecule has 0 spiro atoms. The van der Waals surface area contributed by atoms with Crippen molar-refractivity contribution in [2.24, 2.45) is 5.10 Å². The lowest BCUT2D eigenvalue weighted by Gasteiger charge is -2.09. The maximum atomic E-state index is 5.46. The van der Waals surface area contributed by atoms with Gasteiger partial charge in [-0.1, -0.05) is 46.3 Å². The van der Waals surface area contributed by atoms with Crippen molar-refractivity contribution >= 4 is 39.0 Å². The van der Waals surface area contributed by atoms with Crippen LogP contribution in [0.5, 0.6) is 0 Å². The second-order valence-electron chi connectivity index (χ2n) is 5.74. The van der Waals surface area contributed by atoms with Gasteiger partial charge < -0.3 is 4.42 Å². The van der Waals surface area contributed by atoms with Crippen molar-refractivity contribution in [3.05, 3.63) is 76.7 Å². The first-order valence-corrected chi connectivity index (χ1v) is 8.86. The second kappa shape index (κ2) is 7.09. The van der Waals surface area contributed by atoms with Gasteiger partial charge in [-0.25, -0.2) is 15.4 Å². The van der Waals surface area contributed by atoms with E-state index in [1.165, 1.54) is 0 Å². The molecule has 0 atom stereocenters. The molecule has 0 saturated heterocycles. The minimum atomic E-state index is 0.429. The Labute approximate surface area is 158 Å². The number of nitrogens with one attached hydrogen (secondary N) is 1. The number of furan rings is 1. The van der Waals surface area contributed by atoms with E-state index in [0.717, 1.165) is 32.4 Å². The highest BCUT2D eigenvalue weighted by molar-refractivity contribution is 9.10. The van der Waals surface area contributed by atoms with Gasteiger partial charge in [-0.2, -0.15) is 5.10 Å². The molecule has 128 valence electrons. The molecule has 2 aromatic carbocycles. The second-order valence-corrected chi connectivity index (χ2v) is 6.66. The molecule has 4 rings (SSSR count). The molecular formula is C20H15BrN4O. The molecule has 6 heteroatoms. The molecule has 2 aromatic heterocycles. The summed E-state index contributed by atoms with van der Waals surface area (Å²) in [7, 11) is 0. The number of halogens is 1. The van der Waals surface area contributed by atoms with Crippen LogP contribution in [0.25, 0.3) is 22.2 Å². The van der Waals surface area contributed by atoms with E-state index in [9.17, 15) is 0 Å². The van der Waals surface area contributed by atoms with Gasteiger partial charge in [0.2, 0.25) is 5.95 Å². The number of hydrogen-bond donors (Lipinski definition) is 1. The number of hydrazone groups is 1. The van der Waals surface area contributed by atoms with Crippen LogP contribution >= 0.6 is 15.9 Å². The van der Waals surface area contributed by atoms with E-state index in [0.29, 0.717) is 11.7 Å². The minimum absolute atomic E-state index is 0.429. The molecule has 0 aliphatic carbocycles. The molecule has 0 fully saturated rings. The summed E-state index contributed by atoms with van der Waals surface area (Å²) in [4.78, 5) is 9.21. The van der Waals surface area contributed by atoms with E-state index in [1.807, 2.05) is 67.6 Å². The molecule has 0 amide bonds. The van der Waals surface area contributed by atoms with Crippen molar-refractivity contribution in [3.63, 3.8) is 0 Å². The first-order chi connectivity index (χ1) is 12.7. The maximum Gasteiger partial charge on any atom is 0.244 e. The number of aryl methyl sites for hydroxylation is 1. The Morgan fingerprint density at radius 1 is 1.04 bits per heavy atom. The van der Waals surface area contributed by atoms with Crippen LogP contribution in [0.4, 0.5) is 5.95 Å². The fraction of sp³-hybridized carbons (Fsp3) is 0.0500. The quantitative estimate of drug-likeness (QED) is 0.363. The lowest BCUT2D eigenvalue weighted by molar-refractivity contribution is 0.528. The third-order valence-corrected chi connectivity index (χ3v) is 4.32. The van der Waals surface area contributed by atoms with Crippen molar-refractivity contribution in [1.82, 2.24) is 9.97 Å². The highest BCUT2D eigenvalue weighted by Gasteiger charge is 2.10. The molecule has 4 aromatic rings. The van der Waals surface area contributed by atoms with Gasteiger partial charge in [-0.05, 0) is 37.3 Å². The predicted molar refractivity (Wildman–Crippen MR) is 107 cm³/mol. The Morgan fingerprint density at radius 3 is 2.65 bits per heavy atom. The van der Waals surface area contributed by atoms with Gasteiger partial charge in [0, 0.05) is 15.4 Å². The van der Waals surface area contributed by atoms with Crippen LogP contribution in [-0.2, 0) is 0 Å². The van der Waals surface area contributed by atoms with Crippen molar-refractivity contribution in [3.8, 4) is 11.3 Å². The monoisotopic (exact) mass is 406 g/mol. The SMILES string of the molecule is Cc1ccc(/C=N\Nc2nc(-c3ccccc3)c3cc(Br)ccc3n2)o1. The molecule has 0 saturated carbocycles. The number of rotatable bonds is 4. The van der Waals surface area contributed by atoms with E-state index in [2.05, 4.69) is 36.4 Å². The summed E-state index contributed by atoms with van der Waals surface area (Å²) in [6.07, 6.45) is 1.60. The molecule has 5 nitrogen and oxygen atoms in total. The number of fused-ring (bicyclic) bond motifs is 1. The van der Waals surface area contributed by atoms with Gasteiger partial charge in [0.05, 0.1) is 17.4 Å². The van der Waals surface area contributed by atoms with Gasteiger partial charge >= 0.3 is 0 Å². The van der Waals surface area contributed by atoms with Crippen molar-refractivity contribution in [2.75, 3.05) is 5.43 Å². The van der Waals surface area contributed by atoms with Crippen LogP contribution in [0.3, 0.4) is 0 Å². The molecule has 0 unspecified atom stereocenters. The van der Waals surface area contributed by atoms with Crippen molar-refractivity contribution < 1.29 is 4.42 Å². The average Bonchev–Trinajstić information content (AvgIpc) is 3.07. The van der Waals surface area contributed by atoms with Crippen LogP contribution in [0.2, 0.25) is 0 Å². The van der Waals surface area contributed by atoms with E-state index >= 15 is 0 Å². The van der Waals surface area contributed by atoms with Crippen molar-refractivity contribution in [2.45, 2.75) is 6.92 Å². The molecule has 26 heavy (non-hydrogen) atoms. The fourth-order valence-corrected chi connectivity index (χ4v) is 3.00. The summed E-state index contributed by atoms with van der Waals surface area (Å²) >= 11 is 3.52. The summed E-state index contributed by atoms with van der Waals surface area (Å²) < 4.78 is 6.45. The van der Waals surface area contributed by atoms with E-state index in [1.54, 1.807) is 6.21 Å². The van der Waals surface area contributed by atoms with Gasteiger partial charge in [0.25, 0.3) is 0 Å². The largest absolute Gasteiger partial charge is 0.460 e. The molecule has 0 radical (unpaired) electrons. The van der Waals surface area contributed by atoms with Gasteiger partial charge in [-0.15, -0.1) is 0 Å². The topological polar surface area (TPSA) is 63.3 Å². The molecular weight excluding hydrogens is 392 g/mol. The summed E-state index contributed by atoms with van der Waals surface area (Å²) in [6, 6.07) is 19.7. The zero-order chi connectivity index (χ0) is 17.9. The van der Waals surface area contributed by atoms with E-state index in [-0.39, 0.29) is 0 Å². The third kappa shape index (κ3) is 3.50. The smallest absolute Gasteiger partial charge is 0.244 e. The third-order valence-electron chi connectivity index (χ3n) is 3.82. The number of anilines is 1. The first kappa shape index (κ1) is 16.5. The zero-order valence-electron chi connectivity index (χ0n) is 14.0. The Hall–Kier alpha value is -2.99. The van der Waals surface area contributed by atoms with Crippen molar-refractivity contribution in [1.29, 1.82) is 0 Å². The van der Waals surface area contributed by atoms with Gasteiger partial charge in [-0.3, -0.25) is 0 Å². The number of nitrogens with zero attached hydrogens (tertiary/aromatic N) is 3. The Kier molecular flexibility index (Phi) is 4.50. The zero-order valence-corrected chi connectivity index (χ0v) is 15.6. The van der Waals surface area contributed by atoms with Crippen LogP contribution in [0.15, 0.2) is 74.7 Å². The Morgan fingerprint density at radius 2 is 1.88 bits per heavy atom. The lowest BCUT2D eigenvalue weighted by Crippen LogP contribution is -1.99. The Bertz CT molecular complexity index is 1090. The molecule has 2 heterocycles. The van der Waals surface area contributed by atoms with Crippen LogP contribution in [0.1, 0.15) is 11.5 Å². The van der Waals surface area contributed by atoms with E-state index < -0.39 is 0 Å². The highest BCUT2D eigenvalue weighted by atomic mass is 79.9. The number of aromatic nitrogens is 2. The number of hydrogen-bond acceptors (Lipinski definition) is 5. The lowest BCUT2D eigenvalue weighted by atomic mass is 10.1. The highest BCUT2D eigenvalue weighted by Crippen LogP contribution is 2.29. The average molecular weight is 407 g/mol. The summed E-state index contributed by atoms with van der Waals surface area (Å²) in [5.41, 5.74) is 5.61. The number of benzene rings is 2. The molecule has 0 aliphatic rings.